The number of carbonyl (C=O) groups is 1. The van der Waals surface area contributed by atoms with Gasteiger partial charge in [0.1, 0.15) is 5.82 Å². The maximum absolute atomic E-state index is 12.5. The summed E-state index contributed by atoms with van der Waals surface area (Å²) in [5.41, 5.74) is 0.723. The van der Waals surface area contributed by atoms with Crippen molar-refractivity contribution in [2.75, 3.05) is 16.3 Å². The van der Waals surface area contributed by atoms with Crippen molar-refractivity contribution >= 4 is 27.4 Å². The van der Waals surface area contributed by atoms with E-state index in [0.29, 0.717) is 23.0 Å². The van der Waals surface area contributed by atoms with Crippen molar-refractivity contribution in [3.63, 3.8) is 0 Å². The van der Waals surface area contributed by atoms with E-state index in [1.54, 1.807) is 30.5 Å². The summed E-state index contributed by atoms with van der Waals surface area (Å²) < 4.78 is 26.8. The molecule has 1 unspecified atom stereocenters. The molecule has 7 nitrogen and oxygen atoms in total. The van der Waals surface area contributed by atoms with Crippen LogP contribution in [0.3, 0.4) is 0 Å². The Balaban J connectivity index is 1.76. The van der Waals surface area contributed by atoms with Crippen LogP contribution in [0.2, 0.25) is 0 Å². The van der Waals surface area contributed by atoms with E-state index in [2.05, 4.69) is 22.1 Å². The largest absolute Gasteiger partial charge is 0.307 e. The van der Waals surface area contributed by atoms with Crippen molar-refractivity contribution < 1.29 is 13.2 Å². The van der Waals surface area contributed by atoms with Gasteiger partial charge in [0.25, 0.3) is 5.91 Å². The first-order valence-corrected chi connectivity index (χ1v) is 9.65. The van der Waals surface area contributed by atoms with Gasteiger partial charge in [0.15, 0.2) is 0 Å². The quantitative estimate of drug-likeness (QED) is 0.839. The summed E-state index contributed by atoms with van der Waals surface area (Å²) in [6, 6.07) is 8.36. The molecule has 1 heterocycles. The third-order valence-electron chi connectivity index (χ3n) is 4.03. The lowest BCUT2D eigenvalue weighted by Gasteiger charge is -2.15. The van der Waals surface area contributed by atoms with E-state index in [1.807, 2.05) is 4.68 Å². The maximum Gasteiger partial charge on any atom is 0.256 e. The zero-order valence-corrected chi connectivity index (χ0v) is 14.4. The van der Waals surface area contributed by atoms with Gasteiger partial charge in [0.05, 0.1) is 18.5 Å². The van der Waals surface area contributed by atoms with Crippen LogP contribution in [0.15, 0.2) is 36.5 Å². The molecule has 1 aromatic heterocycles. The topological polar surface area (TPSA) is 93.1 Å². The minimum Gasteiger partial charge on any atom is -0.307 e. The number of amides is 1. The highest BCUT2D eigenvalue weighted by atomic mass is 32.2. The molecule has 128 valence electrons. The van der Waals surface area contributed by atoms with Gasteiger partial charge in [-0.3, -0.25) is 9.52 Å². The summed E-state index contributed by atoms with van der Waals surface area (Å²) in [5, 5.41) is 7.15. The summed E-state index contributed by atoms with van der Waals surface area (Å²) >= 11 is 0. The summed E-state index contributed by atoms with van der Waals surface area (Å²) in [5.74, 6) is 0.945. The second-order valence-electron chi connectivity index (χ2n) is 6.15. The number of aromatic nitrogens is 2. The molecule has 1 amide bonds. The Bertz CT molecular complexity index is 856. The number of hydrogen-bond donors (Lipinski definition) is 2. The molecule has 1 fully saturated rings. The molecule has 24 heavy (non-hydrogen) atoms. The summed E-state index contributed by atoms with van der Waals surface area (Å²) in [4.78, 5) is 12.5. The summed E-state index contributed by atoms with van der Waals surface area (Å²) in [7, 11) is -3.39. The van der Waals surface area contributed by atoms with E-state index in [-0.39, 0.29) is 11.9 Å². The highest BCUT2D eigenvalue weighted by molar-refractivity contribution is 7.92. The van der Waals surface area contributed by atoms with E-state index >= 15 is 0 Å². The van der Waals surface area contributed by atoms with Crippen LogP contribution < -0.4 is 10.0 Å². The lowest BCUT2D eigenvalue weighted by atomic mass is 10.2. The van der Waals surface area contributed by atoms with Gasteiger partial charge in [-0.2, -0.15) is 5.10 Å². The zero-order valence-electron chi connectivity index (χ0n) is 13.6. The average molecular weight is 348 g/mol. The second-order valence-corrected chi connectivity index (χ2v) is 7.90. The van der Waals surface area contributed by atoms with E-state index in [0.717, 1.165) is 6.26 Å². The molecule has 0 bridgehead atoms. The van der Waals surface area contributed by atoms with Crippen molar-refractivity contribution in [1.29, 1.82) is 0 Å². The molecule has 1 saturated carbocycles. The van der Waals surface area contributed by atoms with Crippen LogP contribution in [0.5, 0.6) is 0 Å². The SMILES string of the molecule is CC(C1CC1)n1nccc1NC(=O)c1cccc(NS(C)(=O)=O)c1. The van der Waals surface area contributed by atoms with Crippen LogP contribution in [-0.4, -0.2) is 30.4 Å². The van der Waals surface area contributed by atoms with Crippen molar-refractivity contribution in [2.24, 2.45) is 5.92 Å². The molecule has 1 aliphatic carbocycles. The fourth-order valence-corrected chi connectivity index (χ4v) is 3.20. The fraction of sp³-hybridized carbons (Fsp3) is 0.375. The first-order chi connectivity index (χ1) is 11.3. The number of benzene rings is 1. The Morgan fingerprint density at radius 1 is 1.33 bits per heavy atom. The Kier molecular flexibility index (Phi) is 4.31. The molecule has 2 aromatic rings. The maximum atomic E-state index is 12.5. The highest BCUT2D eigenvalue weighted by Crippen LogP contribution is 2.40. The molecular weight excluding hydrogens is 328 g/mol. The van der Waals surface area contributed by atoms with Crippen molar-refractivity contribution in [2.45, 2.75) is 25.8 Å². The second kappa shape index (κ2) is 6.27. The van der Waals surface area contributed by atoms with Crippen LogP contribution in [0.1, 0.15) is 36.2 Å². The first-order valence-electron chi connectivity index (χ1n) is 7.76. The van der Waals surface area contributed by atoms with E-state index in [1.165, 1.54) is 18.9 Å². The molecule has 0 radical (unpaired) electrons. The molecule has 8 heteroatoms. The molecule has 3 rings (SSSR count). The number of anilines is 2. The number of rotatable bonds is 6. The Morgan fingerprint density at radius 2 is 2.08 bits per heavy atom. The fourth-order valence-electron chi connectivity index (χ4n) is 2.64. The Labute approximate surface area is 141 Å². The minimum absolute atomic E-state index is 0.244. The van der Waals surface area contributed by atoms with Crippen molar-refractivity contribution in [3.05, 3.63) is 42.1 Å². The van der Waals surface area contributed by atoms with Gasteiger partial charge in [-0.15, -0.1) is 0 Å². The third-order valence-corrected chi connectivity index (χ3v) is 4.64. The standard InChI is InChI=1S/C16H20N4O3S/c1-11(12-6-7-12)20-15(8-9-17-20)18-16(21)13-4-3-5-14(10-13)19-24(2,22)23/h3-5,8-12,19H,6-7H2,1-2H3,(H,18,21). The van der Waals surface area contributed by atoms with E-state index in [9.17, 15) is 13.2 Å². The highest BCUT2D eigenvalue weighted by Gasteiger charge is 2.30. The first kappa shape index (κ1) is 16.5. The van der Waals surface area contributed by atoms with Crippen LogP contribution in [0.4, 0.5) is 11.5 Å². The third kappa shape index (κ3) is 3.94. The molecule has 2 N–H and O–H groups in total. The molecule has 1 aliphatic rings. The minimum atomic E-state index is -3.39. The number of nitrogens with one attached hydrogen (secondary N) is 2. The van der Waals surface area contributed by atoms with Crippen LogP contribution in [0, 0.1) is 5.92 Å². The van der Waals surface area contributed by atoms with Gasteiger partial charge in [-0.25, -0.2) is 13.1 Å². The number of carbonyl (C=O) groups excluding carboxylic acids is 1. The zero-order chi connectivity index (χ0) is 17.3. The Hall–Kier alpha value is -2.35. The average Bonchev–Trinajstić information content (AvgIpc) is 3.25. The van der Waals surface area contributed by atoms with Gasteiger partial charge >= 0.3 is 0 Å². The predicted molar refractivity (Wildman–Crippen MR) is 92.5 cm³/mol. The molecule has 0 saturated heterocycles. The Morgan fingerprint density at radius 3 is 2.75 bits per heavy atom. The van der Waals surface area contributed by atoms with Crippen LogP contribution >= 0.6 is 0 Å². The molecule has 0 spiro atoms. The van der Waals surface area contributed by atoms with Crippen LogP contribution in [0.25, 0.3) is 0 Å². The van der Waals surface area contributed by atoms with Gasteiger partial charge in [0, 0.05) is 17.3 Å². The van der Waals surface area contributed by atoms with Crippen LogP contribution in [-0.2, 0) is 10.0 Å². The normalized spacial score (nSPS) is 15.8. The number of hydrogen-bond acceptors (Lipinski definition) is 4. The monoisotopic (exact) mass is 348 g/mol. The van der Waals surface area contributed by atoms with Gasteiger partial charge < -0.3 is 5.32 Å². The van der Waals surface area contributed by atoms with Gasteiger partial charge in [-0.1, -0.05) is 6.07 Å². The van der Waals surface area contributed by atoms with Gasteiger partial charge in [-0.05, 0) is 43.9 Å². The van der Waals surface area contributed by atoms with Crippen molar-refractivity contribution in [1.82, 2.24) is 9.78 Å². The van der Waals surface area contributed by atoms with E-state index < -0.39 is 10.0 Å². The number of nitrogens with zero attached hydrogens (tertiary/aromatic N) is 2. The molecule has 1 aromatic carbocycles. The predicted octanol–water partition coefficient (Wildman–Crippen LogP) is 2.48. The smallest absolute Gasteiger partial charge is 0.256 e. The van der Waals surface area contributed by atoms with Gasteiger partial charge in [0.2, 0.25) is 10.0 Å². The molecular formula is C16H20N4O3S. The lowest BCUT2D eigenvalue weighted by molar-refractivity contribution is 0.102. The van der Waals surface area contributed by atoms with Crippen molar-refractivity contribution in [3.8, 4) is 0 Å². The van der Waals surface area contributed by atoms with E-state index in [4.69, 9.17) is 0 Å². The summed E-state index contributed by atoms with van der Waals surface area (Å²) in [6.07, 6.45) is 5.11. The number of sulfonamides is 1. The molecule has 0 aliphatic heterocycles. The summed E-state index contributed by atoms with van der Waals surface area (Å²) in [6.45, 7) is 2.09. The molecule has 1 atom stereocenters. The lowest BCUT2D eigenvalue weighted by Crippen LogP contribution is -2.18.